The van der Waals surface area contributed by atoms with E-state index in [2.05, 4.69) is 13.8 Å². The fourth-order valence-electron chi connectivity index (χ4n) is 2.69. The highest BCUT2D eigenvalue weighted by molar-refractivity contribution is 5.69. The maximum atomic E-state index is 11.8. The van der Waals surface area contributed by atoms with E-state index >= 15 is 0 Å². The number of hydrogen-bond acceptors (Lipinski definition) is 5. The van der Waals surface area contributed by atoms with Gasteiger partial charge in [-0.15, -0.1) is 0 Å². The van der Waals surface area contributed by atoms with E-state index in [-0.39, 0.29) is 30.8 Å². The summed E-state index contributed by atoms with van der Waals surface area (Å²) in [5.41, 5.74) is 0. The first kappa shape index (κ1) is 25.9. The molecule has 0 heterocycles. The van der Waals surface area contributed by atoms with Gasteiger partial charge in [0, 0.05) is 12.8 Å². The highest BCUT2D eigenvalue weighted by atomic mass is 16.6. The molecule has 160 valence electrons. The van der Waals surface area contributed by atoms with Crippen molar-refractivity contribution in [2.24, 2.45) is 0 Å². The van der Waals surface area contributed by atoms with Crippen molar-refractivity contribution in [3.05, 3.63) is 0 Å². The zero-order valence-corrected chi connectivity index (χ0v) is 18.1. The predicted molar refractivity (Wildman–Crippen MR) is 109 cm³/mol. The van der Waals surface area contributed by atoms with E-state index in [1.54, 1.807) is 0 Å². The fourth-order valence-corrected chi connectivity index (χ4v) is 2.69. The third-order valence-electron chi connectivity index (χ3n) is 4.40. The van der Waals surface area contributed by atoms with Crippen LogP contribution in [-0.4, -0.2) is 37.4 Å². The molecule has 0 aromatic rings. The molecule has 0 amide bonds. The van der Waals surface area contributed by atoms with Crippen LogP contribution in [0.2, 0.25) is 0 Å². The van der Waals surface area contributed by atoms with Crippen LogP contribution in [0.15, 0.2) is 0 Å². The monoisotopic (exact) mass is 386 g/mol. The van der Waals surface area contributed by atoms with Gasteiger partial charge in [-0.3, -0.25) is 9.59 Å². The molecule has 0 aliphatic carbocycles. The highest BCUT2D eigenvalue weighted by Crippen LogP contribution is 2.08. The standard InChI is InChI=1S/C22H42O5/c1-5-7-9-11-13-15-21(23)26-17-19(3)25-18-20(4)27-22(24)16-14-12-10-8-6-2/h19-20H,5-18H2,1-4H3. The molecule has 0 aromatic carbocycles. The largest absolute Gasteiger partial charge is 0.463 e. The number of hydrogen-bond donors (Lipinski definition) is 0. The molecule has 0 radical (unpaired) electrons. The first-order chi connectivity index (χ1) is 13.0. The summed E-state index contributed by atoms with van der Waals surface area (Å²) in [5, 5.41) is 0. The third-order valence-corrected chi connectivity index (χ3v) is 4.40. The minimum absolute atomic E-state index is 0.162. The Hall–Kier alpha value is -1.10. The Bertz CT molecular complexity index is 370. The normalized spacial score (nSPS) is 13.2. The highest BCUT2D eigenvalue weighted by Gasteiger charge is 2.13. The molecule has 0 saturated heterocycles. The Morgan fingerprint density at radius 3 is 1.74 bits per heavy atom. The zero-order valence-electron chi connectivity index (χ0n) is 18.1. The van der Waals surface area contributed by atoms with Gasteiger partial charge in [0.25, 0.3) is 0 Å². The molecule has 0 fully saturated rings. The predicted octanol–water partition coefficient (Wildman–Crippen LogP) is 5.59. The van der Waals surface area contributed by atoms with Crippen LogP contribution in [0, 0.1) is 0 Å². The van der Waals surface area contributed by atoms with Crippen LogP contribution in [0.5, 0.6) is 0 Å². The molecule has 2 unspecified atom stereocenters. The molecule has 0 bridgehead atoms. The van der Waals surface area contributed by atoms with Crippen LogP contribution in [0.25, 0.3) is 0 Å². The van der Waals surface area contributed by atoms with Crippen LogP contribution < -0.4 is 0 Å². The molecular formula is C22H42O5. The second kappa shape index (κ2) is 18.3. The Morgan fingerprint density at radius 2 is 1.19 bits per heavy atom. The first-order valence-electron chi connectivity index (χ1n) is 11.0. The summed E-state index contributed by atoms with van der Waals surface area (Å²) in [6.45, 7) is 8.59. The lowest BCUT2D eigenvalue weighted by molar-refractivity contribution is -0.154. The van der Waals surface area contributed by atoms with Crippen molar-refractivity contribution in [1.82, 2.24) is 0 Å². The van der Waals surface area contributed by atoms with E-state index in [0.717, 1.165) is 25.7 Å². The van der Waals surface area contributed by atoms with Crippen molar-refractivity contribution in [2.45, 2.75) is 117 Å². The molecule has 0 aliphatic heterocycles. The summed E-state index contributed by atoms with van der Waals surface area (Å²) in [4.78, 5) is 23.4. The number of carbonyl (C=O) groups is 2. The van der Waals surface area contributed by atoms with Gasteiger partial charge >= 0.3 is 11.9 Å². The van der Waals surface area contributed by atoms with Crippen molar-refractivity contribution >= 4 is 11.9 Å². The van der Waals surface area contributed by atoms with Gasteiger partial charge in [-0.2, -0.15) is 0 Å². The Balaban J connectivity index is 3.65. The maximum Gasteiger partial charge on any atom is 0.306 e. The first-order valence-corrected chi connectivity index (χ1v) is 11.0. The van der Waals surface area contributed by atoms with Gasteiger partial charge in [0.15, 0.2) is 0 Å². The second-order valence-electron chi connectivity index (χ2n) is 7.46. The molecule has 27 heavy (non-hydrogen) atoms. The number of rotatable bonds is 18. The lowest BCUT2D eigenvalue weighted by atomic mass is 10.1. The number of esters is 2. The van der Waals surface area contributed by atoms with Gasteiger partial charge in [0.2, 0.25) is 0 Å². The molecule has 5 heteroatoms. The van der Waals surface area contributed by atoms with Crippen molar-refractivity contribution in [1.29, 1.82) is 0 Å². The molecule has 0 N–H and O–H groups in total. The van der Waals surface area contributed by atoms with Crippen molar-refractivity contribution in [3.63, 3.8) is 0 Å². The SMILES string of the molecule is CCCCCCCC(=O)OCC(C)OCC(C)OC(=O)CCCCCCC. The minimum Gasteiger partial charge on any atom is -0.463 e. The minimum atomic E-state index is -0.287. The molecule has 5 nitrogen and oxygen atoms in total. The Kier molecular flexibility index (Phi) is 17.5. The van der Waals surface area contributed by atoms with Crippen LogP contribution in [0.1, 0.15) is 105 Å². The van der Waals surface area contributed by atoms with E-state index in [1.165, 1.54) is 38.5 Å². The summed E-state index contributed by atoms with van der Waals surface area (Å²) in [5.74, 6) is -0.325. The van der Waals surface area contributed by atoms with Crippen molar-refractivity contribution < 1.29 is 23.8 Å². The van der Waals surface area contributed by atoms with Crippen LogP contribution in [-0.2, 0) is 23.8 Å². The lowest BCUT2D eigenvalue weighted by Crippen LogP contribution is -2.26. The second-order valence-corrected chi connectivity index (χ2v) is 7.46. The van der Waals surface area contributed by atoms with E-state index in [4.69, 9.17) is 14.2 Å². The molecule has 0 aromatic heterocycles. The van der Waals surface area contributed by atoms with Crippen LogP contribution in [0.4, 0.5) is 0 Å². The lowest BCUT2D eigenvalue weighted by Gasteiger charge is -2.17. The molecule has 0 spiro atoms. The summed E-state index contributed by atoms with van der Waals surface area (Å²) < 4.78 is 16.2. The quantitative estimate of drug-likeness (QED) is 0.227. The van der Waals surface area contributed by atoms with Gasteiger partial charge < -0.3 is 14.2 Å². The topological polar surface area (TPSA) is 61.8 Å². The van der Waals surface area contributed by atoms with E-state index in [0.29, 0.717) is 19.4 Å². The molecule has 0 rings (SSSR count). The Labute approximate surface area is 166 Å². The van der Waals surface area contributed by atoms with Crippen molar-refractivity contribution in [3.8, 4) is 0 Å². The van der Waals surface area contributed by atoms with Gasteiger partial charge in [0.05, 0.1) is 12.7 Å². The van der Waals surface area contributed by atoms with E-state index in [9.17, 15) is 9.59 Å². The summed E-state index contributed by atoms with van der Waals surface area (Å²) in [7, 11) is 0. The summed E-state index contributed by atoms with van der Waals surface area (Å²) in [6, 6.07) is 0. The van der Waals surface area contributed by atoms with Gasteiger partial charge in [-0.05, 0) is 26.7 Å². The fraction of sp³-hybridized carbons (Fsp3) is 0.909. The Morgan fingerprint density at radius 1 is 0.667 bits per heavy atom. The average Bonchev–Trinajstić information content (AvgIpc) is 2.64. The molecule has 2 atom stereocenters. The van der Waals surface area contributed by atoms with E-state index in [1.807, 2.05) is 13.8 Å². The van der Waals surface area contributed by atoms with E-state index < -0.39 is 0 Å². The van der Waals surface area contributed by atoms with Crippen LogP contribution >= 0.6 is 0 Å². The maximum absolute atomic E-state index is 11.8. The third kappa shape index (κ3) is 18.0. The smallest absolute Gasteiger partial charge is 0.306 e. The number of unbranched alkanes of at least 4 members (excludes halogenated alkanes) is 8. The summed E-state index contributed by atoms with van der Waals surface area (Å²) in [6.07, 6.45) is 11.6. The van der Waals surface area contributed by atoms with Gasteiger partial charge in [-0.1, -0.05) is 65.2 Å². The van der Waals surface area contributed by atoms with Crippen molar-refractivity contribution in [2.75, 3.05) is 13.2 Å². The summed E-state index contributed by atoms with van der Waals surface area (Å²) >= 11 is 0. The number of carbonyl (C=O) groups excluding carboxylic acids is 2. The van der Waals surface area contributed by atoms with Gasteiger partial charge in [0.1, 0.15) is 12.7 Å². The molecular weight excluding hydrogens is 344 g/mol. The van der Waals surface area contributed by atoms with Crippen LogP contribution in [0.3, 0.4) is 0 Å². The average molecular weight is 387 g/mol. The van der Waals surface area contributed by atoms with Gasteiger partial charge in [-0.25, -0.2) is 0 Å². The molecule has 0 saturated carbocycles. The molecule has 0 aliphatic rings. The zero-order chi connectivity index (χ0) is 20.3. The number of ether oxygens (including phenoxy) is 3.